The van der Waals surface area contributed by atoms with Crippen molar-refractivity contribution in [1.82, 2.24) is 28.7 Å². The van der Waals surface area contributed by atoms with Crippen molar-refractivity contribution in [2.45, 2.75) is 24.0 Å². The highest BCUT2D eigenvalue weighted by Gasteiger charge is 2.37. The Balaban J connectivity index is 1.87. The molecule has 0 radical (unpaired) electrons. The van der Waals surface area contributed by atoms with E-state index in [1.165, 1.54) is 19.0 Å². The van der Waals surface area contributed by atoms with E-state index in [4.69, 9.17) is 0 Å². The third-order valence-corrected chi connectivity index (χ3v) is 9.37. The molecule has 1 aliphatic rings. The van der Waals surface area contributed by atoms with E-state index in [2.05, 4.69) is 21.5 Å². The molecule has 0 saturated carbocycles. The summed E-state index contributed by atoms with van der Waals surface area (Å²) in [6.45, 7) is 5.60. The lowest BCUT2D eigenvalue weighted by Gasteiger charge is -2.40. The summed E-state index contributed by atoms with van der Waals surface area (Å²) in [6.07, 6.45) is -1.81. The van der Waals surface area contributed by atoms with Gasteiger partial charge in [-0.05, 0) is 37.3 Å². The largest absolute Gasteiger partial charge is 0.417 e. The van der Waals surface area contributed by atoms with Crippen LogP contribution in [0.4, 0.5) is 27.8 Å². The molecular weight excluding hydrogens is 637 g/mol. The van der Waals surface area contributed by atoms with E-state index >= 15 is 8.78 Å². The zero-order valence-electron chi connectivity index (χ0n) is 24.6. The minimum absolute atomic E-state index is 0.106. The first-order chi connectivity index (χ1) is 21.6. The number of nitrogens with zero attached hydrogens (tertiary/aromatic N) is 7. The number of anilines is 1. The Morgan fingerprint density at radius 1 is 1.11 bits per heavy atom. The number of aromatic nitrogens is 4. The standard InChI is InChI=1S/C29H26F5N7O4S/c1-5-23(42)39-11-12-40(16(2)15-39)26-17-13-20(31)25(24-18(29(32,33)34)7-6-8-19(24)30)36-27(17)41(28(43)37-26)21-14-35-10-9-22(21)46(44,45)38(3)4/h5-10,13-14,16H,1,11-12,15H2,2-4H3/t16-/m0/s1. The van der Waals surface area contributed by atoms with Crippen molar-refractivity contribution in [3.05, 3.63) is 83.1 Å². The zero-order chi connectivity index (χ0) is 33.7. The van der Waals surface area contributed by atoms with Gasteiger partial charge in [0.2, 0.25) is 15.9 Å². The molecule has 1 amide bonds. The van der Waals surface area contributed by atoms with E-state index in [1.54, 1.807) is 11.8 Å². The number of fused-ring (bicyclic) bond motifs is 1. The molecule has 1 fully saturated rings. The molecule has 0 spiro atoms. The Labute approximate surface area is 259 Å². The lowest BCUT2D eigenvalue weighted by molar-refractivity contribution is -0.137. The van der Waals surface area contributed by atoms with Gasteiger partial charge in [0.1, 0.15) is 22.2 Å². The summed E-state index contributed by atoms with van der Waals surface area (Å²) in [5, 5.41) is -0.196. The number of sulfonamides is 1. The summed E-state index contributed by atoms with van der Waals surface area (Å²) in [7, 11) is -1.78. The number of rotatable bonds is 6. The summed E-state index contributed by atoms with van der Waals surface area (Å²) in [5.74, 6) is -3.26. The van der Waals surface area contributed by atoms with Gasteiger partial charge in [-0.25, -0.2) is 35.8 Å². The number of alkyl halides is 3. The van der Waals surface area contributed by atoms with Crippen LogP contribution in [-0.2, 0) is 21.0 Å². The molecule has 17 heteroatoms. The molecule has 1 aromatic carbocycles. The summed E-state index contributed by atoms with van der Waals surface area (Å²) in [6, 6.07) is 3.44. The third-order valence-electron chi connectivity index (χ3n) is 7.50. The number of carbonyl (C=O) groups excluding carboxylic acids is 1. The first kappa shape index (κ1) is 32.6. The van der Waals surface area contributed by atoms with Gasteiger partial charge in [0.05, 0.1) is 28.4 Å². The van der Waals surface area contributed by atoms with Crippen LogP contribution < -0.4 is 10.6 Å². The Bertz CT molecular complexity index is 2050. The van der Waals surface area contributed by atoms with Gasteiger partial charge in [-0.2, -0.15) is 18.2 Å². The first-order valence-electron chi connectivity index (χ1n) is 13.6. The molecule has 0 N–H and O–H groups in total. The number of piperazine rings is 1. The van der Waals surface area contributed by atoms with Crippen LogP contribution in [0.15, 0.2) is 65.1 Å². The maximum Gasteiger partial charge on any atom is 0.417 e. The molecule has 0 unspecified atom stereocenters. The van der Waals surface area contributed by atoms with Gasteiger partial charge in [-0.15, -0.1) is 0 Å². The molecule has 242 valence electrons. The molecule has 1 aliphatic heterocycles. The minimum Gasteiger partial charge on any atom is -0.350 e. The highest BCUT2D eigenvalue weighted by atomic mass is 32.2. The fourth-order valence-corrected chi connectivity index (χ4v) is 6.31. The number of benzene rings is 1. The molecule has 4 aromatic rings. The van der Waals surface area contributed by atoms with Gasteiger partial charge in [-0.1, -0.05) is 12.6 Å². The lowest BCUT2D eigenvalue weighted by Crippen LogP contribution is -2.54. The second-order valence-electron chi connectivity index (χ2n) is 10.6. The normalized spacial score (nSPS) is 15.9. The molecule has 1 atom stereocenters. The molecule has 4 heterocycles. The molecule has 46 heavy (non-hydrogen) atoms. The van der Waals surface area contributed by atoms with Gasteiger partial charge in [0.25, 0.3) is 0 Å². The Morgan fingerprint density at radius 3 is 2.46 bits per heavy atom. The summed E-state index contributed by atoms with van der Waals surface area (Å²) >= 11 is 0. The van der Waals surface area contributed by atoms with Crippen LogP contribution in [0.5, 0.6) is 0 Å². The number of hydrogen-bond acceptors (Lipinski definition) is 8. The van der Waals surface area contributed by atoms with Crippen LogP contribution in [0.1, 0.15) is 12.5 Å². The quantitative estimate of drug-likeness (QED) is 0.227. The zero-order valence-corrected chi connectivity index (χ0v) is 25.4. The highest BCUT2D eigenvalue weighted by molar-refractivity contribution is 7.89. The van der Waals surface area contributed by atoms with Crippen LogP contribution in [-0.4, -0.2) is 82.8 Å². The lowest BCUT2D eigenvalue weighted by atomic mass is 10.0. The van der Waals surface area contributed by atoms with E-state index in [1.807, 2.05) is 0 Å². The maximum atomic E-state index is 15.9. The van der Waals surface area contributed by atoms with Crippen LogP contribution >= 0.6 is 0 Å². The highest BCUT2D eigenvalue weighted by Crippen LogP contribution is 2.40. The second-order valence-corrected chi connectivity index (χ2v) is 12.7. The van der Waals surface area contributed by atoms with E-state index in [-0.39, 0.29) is 42.4 Å². The third kappa shape index (κ3) is 5.60. The molecule has 11 nitrogen and oxygen atoms in total. The molecule has 1 saturated heterocycles. The van der Waals surface area contributed by atoms with E-state index in [0.29, 0.717) is 16.7 Å². The smallest absolute Gasteiger partial charge is 0.350 e. The van der Waals surface area contributed by atoms with E-state index < -0.39 is 66.9 Å². The SMILES string of the molecule is C=CC(=O)N1CCN(c2nc(=O)n(-c3cnccc3S(=O)(=O)N(C)C)c3nc(-c4c(F)cccc4C(F)(F)F)c(F)cc23)[C@@H](C)C1. The van der Waals surface area contributed by atoms with Crippen molar-refractivity contribution in [3.8, 4) is 16.9 Å². The molecule has 3 aromatic heterocycles. The van der Waals surface area contributed by atoms with Gasteiger partial charge >= 0.3 is 11.9 Å². The fraction of sp³-hybridized carbons (Fsp3) is 0.276. The Kier molecular flexibility index (Phi) is 8.41. The van der Waals surface area contributed by atoms with Gasteiger partial charge in [-0.3, -0.25) is 9.78 Å². The van der Waals surface area contributed by atoms with Crippen LogP contribution in [0.2, 0.25) is 0 Å². The topological polar surface area (TPSA) is 122 Å². The number of hydrogen-bond donors (Lipinski definition) is 0. The average Bonchev–Trinajstić information content (AvgIpc) is 3.00. The van der Waals surface area contributed by atoms with E-state index in [9.17, 15) is 31.2 Å². The summed E-state index contributed by atoms with van der Waals surface area (Å²) in [5.41, 5.74) is -5.81. The van der Waals surface area contributed by atoms with Crippen LogP contribution in [0, 0.1) is 11.6 Å². The van der Waals surface area contributed by atoms with Gasteiger partial charge in [0.15, 0.2) is 11.5 Å². The second kappa shape index (κ2) is 11.9. The minimum atomic E-state index is -5.11. The van der Waals surface area contributed by atoms with Crippen molar-refractivity contribution < 1.29 is 35.2 Å². The number of pyridine rings is 2. The van der Waals surface area contributed by atoms with Crippen molar-refractivity contribution in [2.75, 3.05) is 38.6 Å². The van der Waals surface area contributed by atoms with Crippen LogP contribution in [0.3, 0.4) is 0 Å². The van der Waals surface area contributed by atoms with Crippen molar-refractivity contribution in [1.29, 1.82) is 0 Å². The van der Waals surface area contributed by atoms with Gasteiger partial charge in [0, 0.05) is 46.0 Å². The first-order valence-corrected chi connectivity index (χ1v) is 15.1. The summed E-state index contributed by atoms with van der Waals surface area (Å²) in [4.78, 5) is 40.8. The monoisotopic (exact) mass is 663 g/mol. The van der Waals surface area contributed by atoms with Crippen molar-refractivity contribution in [2.24, 2.45) is 0 Å². The molecule has 5 rings (SSSR count). The maximum absolute atomic E-state index is 15.9. The molecular formula is C29H26F5N7O4S. The Hall–Kier alpha value is -4.77. The predicted molar refractivity (Wildman–Crippen MR) is 158 cm³/mol. The Morgan fingerprint density at radius 2 is 1.83 bits per heavy atom. The van der Waals surface area contributed by atoms with Gasteiger partial charge < -0.3 is 9.80 Å². The number of carbonyl (C=O) groups is 1. The van der Waals surface area contributed by atoms with Crippen LogP contribution in [0.25, 0.3) is 28.0 Å². The molecule has 0 aliphatic carbocycles. The molecule has 0 bridgehead atoms. The average molecular weight is 664 g/mol. The van der Waals surface area contributed by atoms with E-state index in [0.717, 1.165) is 41.0 Å². The fourth-order valence-electron chi connectivity index (χ4n) is 5.28. The number of amides is 1. The summed E-state index contributed by atoms with van der Waals surface area (Å²) < 4.78 is 101. The van der Waals surface area contributed by atoms with Crippen molar-refractivity contribution in [3.63, 3.8) is 0 Å². The number of halogens is 5. The predicted octanol–water partition coefficient (Wildman–Crippen LogP) is 3.61. The van der Waals surface area contributed by atoms with Crippen molar-refractivity contribution >= 4 is 32.8 Å².